The average molecular weight is 399 g/mol. The largest absolute Gasteiger partial charge is 0.411 e. The van der Waals surface area contributed by atoms with E-state index in [1.165, 1.54) is 23.8 Å². The Kier molecular flexibility index (Phi) is 5.84. The number of amides is 1. The number of hydrogen-bond donors (Lipinski definition) is 1. The van der Waals surface area contributed by atoms with Gasteiger partial charge in [-0.25, -0.2) is 4.39 Å². The van der Waals surface area contributed by atoms with Crippen molar-refractivity contribution in [3.8, 4) is 11.5 Å². The van der Waals surface area contributed by atoms with Crippen LogP contribution in [0.3, 0.4) is 0 Å². The van der Waals surface area contributed by atoms with Crippen molar-refractivity contribution in [3.63, 3.8) is 0 Å². The predicted octanol–water partition coefficient (Wildman–Crippen LogP) is 5.29. The van der Waals surface area contributed by atoms with Crippen LogP contribution in [-0.4, -0.2) is 21.4 Å². The molecule has 2 aromatic carbocycles. The van der Waals surface area contributed by atoms with Gasteiger partial charge in [-0.2, -0.15) is 0 Å². The molecule has 5 nitrogen and oxygen atoms in total. The minimum Gasteiger partial charge on any atom is -0.411 e. The lowest BCUT2D eigenvalue weighted by Gasteiger charge is -2.18. The molecule has 0 saturated heterocycles. The summed E-state index contributed by atoms with van der Waals surface area (Å²) < 4.78 is 18.9. The molecule has 3 aromatic rings. The molecular weight excluding hydrogens is 377 g/mol. The maximum Gasteiger partial charge on any atom is 0.277 e. The maximum absolute atomic E-state index is 13.2. The molecular formula is C21H22FN3O2S. The molecule has 3 rings (SSSR count). The molecule has 0 aliphatic rings. The summed E-state index contributed by atoms with van der Waals surface area (Å²) in [4.78, 5) is 12.3. The topological polar surface area (TPSA) is 68.0 Å². The number of anilines is 1. The standard InChI is InChI=1S/C21H22FN3O2S/c1-13(18(26)23-17-7-5-6-16(22)12-17)28-20-25-24-19(27-20)14-8-10-15(11-9-14)21(2,3)4/h5-13H,1-4H3,(H,23,26). The van der Waals surface area contributed by atoms with Gasteiger partial charge in [0.2, 0.25) is 11.8 Å². The van der Waals surface area contributed by atoms with Gasteiger partial charge in [-0.05, 0) is 48.2 Å². The van der Waals surface area contributed by atoms with Crippen molar-refractivity contribution in [2.45, 2.75) is 43.6 Å². The van der Waals surface area contributed by atoms with E-state index in [0.717, 1.165) is 17.3 Å². The number of hydrogen-bond acceptors (Lipinski definition) is 5. The van der Waals surface area contributed by atoms with Crippen LogP contribution in [-0.2, 0) is 10.2 Å². The van der Waals surface area contributed by atoms with E-state index in [-0.39, 0.29) is 11.3 Å². The first-order valence-corrected chi connectivity index (χ1v) is 9.78. The van der Waals surface area contributed by atoms with Crippen LogP contribution in [0.2, 0.25) is 0 Å². The Labute approximate surface area is 167 Å². The summed E-state index contributed by atoms with van der Waals surface area (Å²) >= 11 is 1.15. The Morgan fingerprint density at radius 2 is 1.86 bits per heavy atom. The average Bonchev–Trinajstić information content (AvgIpc) is 3.09. The number of carbonyl (C=O) groups is 1. The Hall–Kier alpha value is -2.67. The minimum absolute atomic E-state index is 0.0683. The molecule has 7 heteroatoms. The lowest BCUT2D eigenvalue weighted by Crippen LogP contribution is -2.22. The zero-order chi connectivity index (χ0) is 20.3. The van der Waals surface area contributed by atoms with Crippen molar-refractivity contribution in [1.29, 1.82) is 0 Å². The summed E-state index contributed by atoms with van der Waals surface area (Å²) in [6.07, 6.45) is 0. The molecule has 1 N–H and O–H groups in total. The van der Waals surface area contributed by atoms with Crippen LogP contribution in [0.4, 0.5) is 10.1 Å². The third-order valence-electron chi connectivity index (χ3n) is 4.14. The van der Waals surface area contributed by atoms with Gasteiger partial charge in [0, 0.05) is 11.3 Å². The van der Waals surface area contributed by atoms with Crippen molar-refractivity contribution in [2.24, 2.45) is 0 Å². The lowest BCUT2D eigenvalue weighted by atomic mass is 9.87. The molecule has 0 spiro atoms. The van der Waals surface area contributed by atoms with Gasteiger partial charge in [-0.3, -0.25) is 4.79 Å². The number of nitrogens with zero attached hydrogens (tertiary/aromatic N) is 2. The molecule has 0 aliphatic heterocycles. The van der Waals surface area contributed by atoms with E-state index in [2.05, 4.69) is 36.3 Å². The molecule has 0 bridgehead atoms. The quantitative estimate of drug-likeness (QED) is 0.590. The number of carbonyl (C=O) groups excluding carboxylic acids is 1. The van der Waals surface area contributed by atoms with E-state index in [9.17, 15) is 9.18 Å². The molecule has 0 fully saturated rings. The van der Waals surface area contributed by atoms with Crippen molar-refractivity contribution < 1.29 is 13.6 Å². The van der Waals surface area contributed by atoms with Crippen LogP contribution in [0.15, 0.2) is 58.2 Å². The molecule has 0 radical (unpaired) electrons. The first kappa shape index (κ1) is 20.1. The predicted molar refractivity (Wildman–Crippen MR) is 109 cm³/mol. The number of aromatic nitrogens is 2. The number of thioether (sulfide) groups is 1. The van der Waals surface area contributed by atoms with Gasteiger partial charge in [0.1, 0.15) is 5.82 Å². The highest BCUT2D eigenvalue weighted by Crippen LogP contribution is 2.29. The summed E-state index contributed by atoms with van der Waals surface area (Å²) in [5, 5.41) is 10.6. The van der Waals surface area contributed by atoms with Crippen molar-refractivity contribution in [3.05, 3.63) is 59.9 Å². The highest BCUT2D eigenvalue weighted by atomic mass is 32.2. The zero-order valence-electron chi connectivity index (χ0n) is 16.2. The lowest BCUT2D eigenvalue weighted by molar-refractivity contribution is -0.115. The summed E-state index contributed by atoms with van der Waals surface area (Å²) in [7, 11) is 0. The second-order valence-corrected chi connectivity index (χ2v) is 8.75. The molecule has 28 heavy (non-hydrogen) atoms. The molecule has 1 aromatic heterocycles. The van der Waals surface area contributed by atoms with Crippen LogP contribution in [0.1, 0.15) is 33.3 Å². The second-order valence-electron chi connectivity index (χ2n) is 7.46. The number of benzene rings is 2. The Morgan fingerprint density at radius 1 is 1.14 bits per heavy atom. The van der Waals surface area contributed by atoms with E-state index < -0.39 is 11.1 Å². The highest BCUT2D eigenvalue weighted by molar-refractivity contribution is 8.00. The Morgan fingerprint density at radius 3 is 2.50 bits per heavy atom. The zero-order valence-corrected chi connectivity index (χ0v) is 17.0. The third-order valence-corrected chi connectivity index (χ3v) is 5.08. The van der Waals surface area contributed by atoms with Crippen LogP contribution in [0, 0.1) is 5.82 Å². The fraction of sp³-hybridized carbons (Fsp3) is 0.286. The second kappa shape index (κ2) is 8.14. The molecule has 146 valence electrons. The van der Waals surface area contributed by atoms with Crippen LogP contribution in [0.25, 0.3) is 11.5 Å². The summed E-state index contributed by atoms with van der Waals surface area (Å²) in [6.45, 7) is 8.18. The molecule has 1 amide bonds. The molecule has 1 unspecified atom stereocenters. The van der Waals surface area contributed by atoms with Gasteiger partial charge in [0.15, 0.2) is 0 Å². The van der Waals surface area contributed by atoms with Gasteiger partial charge in [0.05, 0.1) is 5.25 Å². The maximum atomic E-state index is 13.2. The van der Waals surface area contributed by atoms with E-state index in [1.807, 2.05) is 24.3 Å². The first-order valence-electron chi connectivity index (χ1n) is 8.90. The molecule has 0 aliphatic carbocycles. The van der Waals surface area contributed by atoms with Crippen LogP contribution < -0.4 is 5.32 Å². The monoisotopic (exact) mass is 399 g/mol. The third kappa shape index (κ3) is 4.98. The van der Waals surface area contributed by atoms with Crippen molar-refractivity contribution in [1.82, 2.24) is 10.2 Å². The highest BCUT2D eigenvalue weighted by Gasteiger charge is 2.19. The normalized spacial score (nSPS) is 12.6. The van der Waals surface area contributed by atoms with Crippen molar-refractivity contribution >= 4 is 23.4 Å². The van der Waals surface area contributed by atoms with Gasteiger partial charge in [-0.15, -0.1) is 10.2 Å². The Bertz CT molecular complexity index is 964. The Balaban J connectivity index is 1.64. The van der Waals surface area contributed by atoms with E-state index >= 15 is 0 Å². The van der Waals surface area contributed by atoms with Gasteiger partial charge < -0.3 is 9.73 Å². The molecule has 1 atom stereocenters. The van der Waals surface area contributed by atoms with Crippen molar-refractivity contribution in [2.75, 3.05) is 5.32 Å². The summed E-state index contributed by atoms with van der Waals surface area (Å²) in [5.74, 6) is -0.275. The van der Waals surface area contributed by atoms with Gasteiger partial charge in [-0.1, -0.05) is 50.7 Å². The van der Waals surface area contributed by atoms with E-state index in [0.29, 0.717) is 16.8 Å². The van der Waals surface area contributed by atoms with E-state index in [4.69, 9.17) is 4.42 Å². The molecule has 0 saturated carbocycles. The first-order chi connectivity index (χ1) is 13.2. The fourth-order valence-electron chi connectivity index (χ4n) is 2.50. The number of nitrogens with one attached hydrogen (secondary N) is 1. The van der Waals surface area contributed by atoms with E-state index in [1.54, 1.807) is 13.0 Å². The summed E-state index contributed by atoms with van der Waals surface area (Å²) in [5.41, 5.74) is 2.51. The fourth-order valence-corrected chi connectivity index (χ4v) is 3.19. The SMILES string of the molecule is CC(Sc1nnc(-c2ccc(C(C)(C)C)cc2)o1)C(=O)Nc1cccc(F)c1. The minimum atomic E-state index is -0.486. The smallest absolute Gasteiger partial charge is 0.277 e. The van der Waals surface area contributed by atoms with Gasteiger partial charge in [0.25, 0.3) is 5.22 Å². The number of halogens is 1. The van der Waals surface area contributed by atoms with Crippen LogP contribution in [0.5, 0.6) is 0 Å². The van der Waals surface area contributed by atoms with Crippen LogP contribution >= 0.6 is 11.8 Å². The summed E-state index contributed by atoms with van der Waals surface area (Å²) in [6, 6.07) is 13.7. The number of rotatable bonds is 5. The van der Waals surface area contributed by atoms with Gasteiger partial charge >= 0.3 is 0 Å². The molecule has 1 heterocycles.